The minimum absolute atomic E-state index is 0.0668. The highest BCUT2D eigenvalue weighted by Gasteiger charge is 2.21. The predicted octanol–water partition coefficient (Wildman–Crippen LogP) is 3.04. The van der Waals surface area contributed by atoms with Gasteiger partial charge in [0.15, 0.2) is 0 Å². The number of hydrogen-bond acceptors (Lipinski definition) is 3. The molecule has 108 valence electrons. The molecule has 2 heterocycles. The molecular formula is C17H19N3O. The quantitative estimate of drug-likeness (QED) is 0.795. The van der Waals surface area contributed by atoms with Gasteiger partial charge in [0, 0.05) is 18.7 Å². The van der Waals surface area contributed by atoms with E-state index in [1.165, 1.54) is 6.42 Å². The molecule has 0 spiro atoms. The summed E-state index contributed by atoms with van der Waals surface area (Å²) in [6.45, 7) is 2.97. The molecule has 1 aromatic heterocycles. The normalized spacial score (nSPS) is 19.3. The van der Waals surface area contributed by atoms with Gasteiger partial charge < -0.3 is 4.90 Å². The van der Waals surface area contributed by atoms with Crippen LogP contribution in [0.2, 0.25) is 0 Å². The van der Waals surface area contributed by atoms with Crippen molar-refractivity contribution in [1.29, 1.82) is 0 Å². The molecule has 0 saturated carbocycles. The minimum Gasteiger partial charge on any atom is -0.336 e. The zero-order valence-corrected chi connectivity index (χ0v) is 12.2. The van der Waals surface area contributed by atoms with Crippen LogP contribution in [0.1, 0.15) is 31.9 Å². The third-order valence-corrected chi connectivity index (χ3v) is 3.95. The van der Waals surface area contributed by atoms with Gasteiger partial charge in [0.25, 0.3) is 0 Å². The van der Waals surface area contributed by atoms with Gasteiger partial charge in [-0.05, 0) is 44.4 Å². The lowest BCUT2D eigenvalue weighted by molar-refractivity contribution is -0.129. The molecule has 0 bridgehead atoms. The third-order valence-electron chi connectivity index (χ3n) is 3.95. The molecular weight excluding hydrogens is 262 g/mol. The summed E-state index contributed by atoms with van der Waals surface area (Å²) in [6.07, 6.45) is 8.47. The second-order valence-corrected chi connectivity index (χ2v) is 5.49. The monoisotopic (exact) mass is 281 g/mol. The van der Waals surface area contributed by atoms with Gasteiger partial charge in [0.1, 0.15) is 0 Å². The van der Waals surface area contributed by atoms with Crippen LogP contribution < -0.4 is 0 Å². The van der Waals surface area contributed by atoms with Crippen molar-refractivity contribution in [3.63, 3.8) is 0 Å². The average Bonchev–Trinajstić information content (AvgIpc) is 2.53. The highest BCUT2D eigenvalue weighted by Crippen LogP contribution is 2.17. The summed E-state index contributed by atoms with van der Waals surface area (Å²) in [5.74, 6) is 0.0668. The maximum absolute atomic E-state index is 12.2. The molecule has 21 heavy (non-hydrogen) atoms. The Labute approximate surface area is 124 Å². The second kappa shape index (κ2) is 6.04. The summed E-state index contributed by atoms with van der Waals surface area (Å²) < 4.78 is 0. The summed E-state index contributed by atoms with van der Waals surface area (Å²) in [5.41, 5.74) is 2.43. The number of hydrogen-bond donors (Lipinski definition) is 0. The van der Waals surface area contributed by atoms with Crippen molar-refractivity contribution < 1.29 is 4.79 Å². The fraction of sp³-hybridized carbons (Fsp3) is 0.353. The van der Waals surface area contributed by atoms with E-state index in [0.717, 1.165) is 30.4 Å². The zero-order valence-electron chi connectivity index (χ0n) is 12.2. The third kappa shape index (κ3) is 3.10. The first kappa shape index (κ1) is 13.7. The second-order valence-electron chi connectivity index (χ2n) is 5.49. The summed E-state index contributed by atoms with van der Waals surface area (Å²) in [7, 11) is 0. The first-order chi connectivity index (χ1) is 10.2. The number of nitrogens with zero attached hydrogens (tertiary/aromatic N) is 3. The van der Waals surface area contributed by atoms with Crippen molar-refractivity contribution in [2.45, 2.75) is 32.2 Å². The lowest BCUT2D eigenvalue weighted by Crippen LogP contribution is -2.41. The Balaban J connectivity index is 1.76. The van der Waals surface area contributed by atoms with Crippen LogP contribution in [0, 0.1) is 0 Å². The van der Waals surface area contributed by atoms with E-state index in [0.29, 0.717) is 11.7 Å². The van der Waals surface area contributed by atoms with E-state index in [-0.39, 0.29) is 5.91 Å². The molecule has 1 unspecified atom stereocenters. The van der Waals surface area contributed by atoms with Crippen LogP contribution >= 0.6 is 0 Å². The van der Waals surface area contributed by atoms with Crippen molar-refractivity contribution in [2.24, 2.45) is 0 Å². The average molecular weight is 281 g/mol. The molecule has 0 radical (unpaired) electrons. The Kier molecular flexibility index (Phi) is 3.95. The Hall–Kier alpha value is -2.23. The van der Waals surface area contributed by atoms with Gasteiger partial charge in [0.2, 0.25) is 5.91 Å². The predicted molar refractivity (Wildman–Crippen MR) is 83.6 cm³/mol. The van der Waals surface area contributed by atoms with Crippen LogP contribution in [0.5, 0.6) is 0 Å². The summed E-state index contributed by atoms with van der Waals surface area (Å²) >= 11 is 0. The minimum atomic E-state index is 0.0668. The van der Waals surface area contributed by atoms with Crippen LogP contribution in [0.4, 0.5) is 0 Å². The van der Waals surface area contributed by atoms with Gasteiger partial charge in [-0.1, -0.05) is 12.1 Å². The molecule has 1 aliphatic heterocycles. The molecule has 1 atom stereocenters. The molecule has 0 N–H and O–H groups in total. The number of fused-ring (bicyclic) bond motifs is 1. The van der Waals surface area contributed by atoms with E-state index >= 15 is 0 Å². The lowest BCUT2D eigenvalue weighted by atomic mass is 10.0. The van der Waals surface area contributed by atoms with Crippen molar-refractivity contribution >= 4 is 23.0 Å². The first-order valence-electron chi connectivity index (χ1n) is 7.44. The standard InChI is InChI=1S/C17H19N3O/c1-13-6-4-5-11-20(13)17(21)10-9-14-12-18-15-7-2-3-8-16(15)19-14/h2-3,7-10,12-13H,4-6,11H2,1H3. The maximum atomic E-state index is 12.2. The number of piperidine rings is 1. The van der Waals surface area contributed by atoms with Gasteiger partial charge in [-0.25, -0.2) is 4.98 Å². The van der Waals surface area contributed by atoms with E-state index in [2.05, 4.69) is 16.9 Å². The van der Waals surface area contributed by atoms with Crippen LogP contribution in [-0.2, 0) is 4.79 Å². The van der Waals surface area contributed by atoms with Gasteiger partial charge in [-0.15, -0.1) is 0 Å². The smallest absolute Gasteiger partial charge is 0.246 e. The lowest BCUT2D eigenvalue weighted by Gasteiger charge is -2.32. The molecule has 0 aliphatic carbocycles. The van der Waals surface area contributed by atoms with Crippen molar-refractivity contribution in [3.8, 4) is 0 Å². The number of carbonyl (C=O) groups excluding carboxylic acids is 1. The summed E-state index contributed by atoms with van der Waals surface area (Å²) in [5, 5.41) is 0. The van der Waals surface area contributed by atoms with Crippen molar-refractivity contribution in [1.82, 2.24) is 14.9 Å². The van der Waals surface area contributed by atoms with Crippen molar-refractivity contribution in [3.05, 3.63) is 42.2 Å². The number of rotatable bonds is 2. The van der Waals surface area contributed by atoms with Crippen LogP contribution in [0.15, 0.2) is 36.5 Å². The molecule has 1 aliphatic rings. The molecule has 1 saturated heterocycles. The topological polar surface area (TPSA) is 46.1 Å². The molecule has 2 aromatic rings. The van der Waals surface area contributed by atoms with Crippen LogP contribution in [0.25, 0.3) is 17.1 Å². The Morgan fingerprint density at radius 3 is 2.90 bits per heavy atom. The first-order valence-corrected chi connectivity index (χ1v) is 7.44. The molecule has 4 heteroatoms. The number of carbonyl (C=O) groups is 1. The van der Waals surface area contributed by atoms with Crippen LogP contribution in [0.3, 0.4) is 0 Å². The van der Waals surface area contributed by atoms with Crippen LogP contribution in [-0.4, -0.2) is 33.4 Å². The number of benzene rings is 1. The van der Waals surface area contributed by atoms with Gasteiger partial charge >= 0.3 is 0 Å². The Bertz CT molecular complexity index is 681. The van der Waals surface area contributed by atoms with E-state index in [9.17, 15) is 4.79 Å². The zero-order chi connectivity index (χ0) is 14.7. The van der Waals surface area contributed by atoms with E-state index < -0.39 is 0 Å². The van der Waals surface area contributed by atoms with Gasteiger partial charge in [0.05, 0.1) is 22.9 Å². The summed E-state index contributed by atoms with van der Waals surface area (Å²) in [6, 6.07) is 8.06. The highest BCUT2D eigenvalue weighted by molar-refractivity contribution is 5.92. The van der Waals surface area contributed by atoms with E-state index in [1.807, 2.05) is 29.2 Å². The Morgan fingerprint density at radius 2 is 2.10 bits per heavy atom. The largest absolute Gasteiger partial charge is 0.336 e. The molecule has 1 aromatic carbocycles. The Morgan fingerprint density at radius 1 is 1.29 bits per heavy atom. The molecule has 3 rings (SSSR count). The fourth-order valence-electron chi connectivity index (χ4n) is 2.73. The molecule has 1 amide bonds. The molecule has 1 fully saturated rings. The van der Waals surface area contributed by atoms with E-state index in [1.54, 1.807) is 18.3 Å². The number of amides is 1. The SMILES string of the molecule is CC1CCCCN1C(=O)C=Cc1cnc2ccccc2n1. The van der Waals surface area contributed by atoms with Crippen molar-refractivity contribution in [2.75, 3.05) is 6.54 Å². The van der Waals surface area contributed by atoms with Gasteiger partial charge in [-0.3, -0.25) is 9.78 Å². The highest BCUT2D eigenvalue weighted by atomic mass is 16.2. The number of aromatic nitrogens is 2. The van der Waals surface area contributed by atoms with Gasteiger partial charge in [-0.2, -0.15) is 0 Å². The fourth-order valence-corrected chi connectivity index (χ4v) is 2.73. The van der Waals surface area contributed by atoms with E-state index in [4.69, 9.17) is 0 Å². The summed E-state index contributed by atoms with van der Waals surface area (Å²) in [4.78, 5) is 23.0. The maximum Gasteiger partial charge on any atom is 0.246 e. The number of para-hydroxylation sites is 2. The molecule has 4 nitrogen and oxygen atoms in total. The number of likely N-dealkylation sites (tertiary alicyclic amines) is 1.